The van der Waals surface area contributed by atoms with Gasteiger partial charge in [0.05, 0.1) is 6.10 Å². The van der Waals surface area contributed by atoms with E-state index in [1.54, 1.807) is 11.3 Å². The second kappa shape index (κ2) is 4.01. The Kier molecular flexibility index (Phi) is 2.91. The van der Waals surface area contributed by atoms with E-state index in [4.69, 9.17) is 10.5 Å². The average molecular weight is 211 g/mol. The highest BCUT2D eigenvalue weighted by Crippen LogP contribution is 2.37. The molecule has 0 amide bonds. The van der Waals surface area contributed by atoms with Crippen LogP contribution in [-0.2, 0) is 11.2 Å². The molecule has 2 rings (SSSR count). The molecule has 0 saturated carbocycles. The summed E-state index contributed by atoms with van der Waals surface area (Å²) < 4.78 is 5.63. The van der Waals surface area contributed by atoms with Crippen molar-refractivity contribution in [3.8, 4) is 0 Å². The molecule has 2 nitrogen and oxygen atoms in total. The van der Waals surface area contributed by atoms with Crippen LogP contribution in [0.2, 0.25) is 0 Å². The zero-order valence-electron chi connectivity index (χ0n) is 8.53. The lowest BCUT2D eigenvalue weighted by Crippen LogP contribution is -2.38. The molecule has 0 radical (unpaired) electrons. The number of ether oxygens (including phenoxy) is 1. The van der Waals surface area contributed by atoms with Crippen molar-refractivity contribution in [1.29, 1.82) is 0 Å². The second-order valence-electron chi connectivity index (χ2n) is 4.14. The van der Waals surface area contributed by atoms with Crippen molar-refractivity contribution in [3.63, 3.8) is 0 Å². The highest BCUT2D eigenvalue weighted by molar-refractivity contribution is 7.07. The minimum absolute atomic E-state index is 0.182. The lowest BCUT2D eigenvalue weighted by atomic mass is 9.77. The fraction of sp³-hybridized carbons (Fsp3) is 0.636. The molecule has 0 spiro atoms. The Bertz CT molecular complexity index is 285. The van der Waals surface area contributed by atoms with Gasteiger partial charge in [-0.15, -0.1) is 0 Å². The molecule has 78 valence electrons. The highest BCUT2D eigenvalue weighted by atomic mass is 32.1. The molecule has 1 aromatic heterocycles. The summed E-state index contributed by atoms with van der Waals surface area (Å²) in [6.07, 6.45) is 2.46. The molecule has 3 heteroatoms. The van der Waals surface area contributed by atoms with Crippen LogP contribution in [0.4, 0.5) is 0 Å². The zero-order chi connectivity index (χ0) is 10.0. The molecular weight excluding hydrogens is 194 g/mol. The zero-order valence-corrected chi connectivity index (χ0v) is 9.35. The largest absolute Gasteiger partial charge is 0.378 e. The number of thiophene rings is 1. The molecule has 0 aromatic carbocycles. The number of hydrogen-bond acceptors (Lipinski definition) is 3. The Balaban J connectivity index is 2.13. The van der Waals surface area contributed by atoms with Gasteiger partial charge >= 0.3 is 0 Å². The van der Waals surface area contributed by atoms with Gasteiger partial charge in [-0.2, -0.15) is 11.3 Å². The summed E-state index contributed by atoms with van der Waals surface area (Å²) in [6, 6.07) is 2.19. The van der Waals surface area contributed by atoms with Crippen LogP contribution >= 0.6 is 11.3 Å². The molecule has 1 fully saturated rings. The van der Waals surface area contributed by atoms with E-state index in [1.807, 2.05) is 0 Å². The molecule has 2 N–H and O–H groups in total. The lowest BCUT2D eigenvalue weighted by Gasteiger charge is -2.30. The number of rotatable bonds is 3. The van der Waals surface area contributed by atoms with Crippen LogP contribution < -0.4 is 5.73 Å². The molecule has 0 aliphatic carbocycles. The van der Waals surface area contributed by atoms with Gasteiger partial charge in [-0.25, -0.2) is 0 Å². The minimum atomic E-state index is 0.182. The topological polar surface area (TPSA) is 35.2 Å². The van der Waals surface area contributed by atoms with E-state index in [0.29, 0.717) is 6.10 Å². The highest BCUT2D eigenvalue weighted by Gasteiger charge is 2.40. The van der Waals surface area contributed by atoms with E-state index in [1.165, 1.54) is 5.56 Å². The lowest BCUT2D eigenvalue weighted by molar-refractivity contribution is 0.0674. The van der Waals surface area contributed by atoms with Crippen LogP contribution in [0.25, 0.3) is 0 Å². The van der Waals surface area contributed by atoms with Crippen LogP contribution in [0, 0.1) is 5.41 Å². The Morgan fingerprint density at radius 3 is 3.07 bits per heavy atom. The molecule has 0 bridgehead atoms. The summed E-state index contributed by atoms with van der Waals surface area (Å²) in [5.41, 5.74) is 7.48. The van der Waals surface area contributed by atoms with Gasteiger partial charge in [0.1, 0.15) is 0 Å². The third-order valence-electron chi connectivity index (χ3n) is 3.37. The Hall–Kier alpha value is -0.380. The van der Waals surface area contributed by atoms with Gasteiger partial charge in [0, 0.05) is 18.6 Å². The first-order chi connectivity index (χ1) is 6.77. The van der Waals surface area contributed by atoms with Gasteiger partial charge < -0.3 is 10.5 Å². The molecule has 1 saturated heterocycles. The quantitative estimate of drug-likeness (QED) is 0.830. The van der Waals surface area contributed by atoms with Gasteiger partial charge in [0.25, 0.3) is 0 Å². The first kappa shape index (κ1) is 10.1. The predicted molar refractivity (Wildman–Crippen MR) is 59.5 cm³/mol. The predicted octanol–water partition coefficient (Wildman–Crippen LogP) is 2.04. The normalized spacial score (nSPS) is 32.3. The second-order valence-corrected chi connectivity index (χ2v) is 4.92. The summed E-state index contributed by atoms with van der Waals surface area (Å²) in [5.74, 6) is 0. The Morgan fingerprint density at radius 1 is 1.71 bits per heavy atom. The van der Waals surface area contributed by atoms with Crippen molar-refractivity contribution in [3.05, 3.63) is 22.4 Å². The Labute approximate surface area is 89.1 Å². The monoisotopic (exact) mass is 211 g/mol. The molecule has 2 atom stereocenters. The van der Waals surface area contributed by atoms with Crippen LogP contribution in [0.1, 0.15) is 18.9 Å². The van der Waals surface area contributed by atoms with E-state index in [9.17, 15) is 0 Å². The summed E-state index contributed by atoms with van der Waals surface area (Å²) in [4.78, 5) is 0. The van der Waals surface area contributed by atoms with E-state index in [0.717, 1.165) is 26.0 Å². The van der Waals surface area contributed by atoms with Gasteiger partial charge in [-0.1, -0.05) is 0 Å². The molecule has 2 unspecified atom stereocenters. The Morgan fingerprint density at radius 2 is 2.57 bits per heavy atom. The fourth-order valence-electron chi connectivity index (χ4n) is 2.19. The van der Waals surface area contributed by atoms with Crippen LogP contribution in [0.3, 0.4) is 0 Å². The van der Waals surface area contributed by atoms with Crippen molar-refractivity contribution in [1.82, 2.24) is 0 Å². The smallest absolute Gasteiger partial charge is 0.0619 e. The summed E-state index contributed by atoms with van der Waals surface area (Å²) >= 11 is 1.75. The van der Waals surface area contributed by atoms with E-state index in [-0.39, 0.29) is 5.41 Å². The van der Waals surface area contributed by atoms with Gasteiger partial charge in [-0.3, -0.25) is 0 Å². The first-order valence-corrected chi connectivity index (χ1v) is 6.04. The molecule has 1 aliphatic heterocycles. The van der Waals surface area contributed by atoms with Gasteiger partial charge in [-0.05, 0) is 42.2 Å². The number of hydrogen-bond donors (Lipinski definition) is 1. The third kappa shape index (κ3) is 1.72. The fourth-order valence-corrected chi connectivity index (χ4v) is 2.86. The van der Waals surface area contributed by atoms with E-state index >= 15 is 0 Å². The standard InChI is InChI=1S/C11H17NOS/c1-9-11(8-12,3-4-13-9)6-10-2-5-14-7-10/h2,5,7,9H,3-4,6,8,12H2,1H3. The van der Waals surface area contributed by atoms with Gasteiger partial charge in [0.2, 0.25) is 0 Å². The molecule has 14 heavy (non-hydrogen) atoms. The van der Waals surface area contributed by atoms with Crippen molar-refractivity contribution < 1.29 is 4.74 Å². The van der Waals surface area contributed by atoms with Crippen LogP contribution in [-0.4, -0.2) is 19.3 Å². The molecular formula is C11H17NOS. The van der Waals surface area contributed by atoms with Crippen molar-refractivity contribution in [2.24, 2.45) is 11.1 Å². The summed E-state index contributed by atoms with van der Waals surface area (Å²) in [5, 5.41) is 4.34. The first-order valence-electron chi connectivity index (χ1n) is 5.09. The average Bonchev–Trinajstić information content (AvgIpc) is 2.79. The molecule has 2 heterocycles. The van der Waals surface area contributed by atoms with Crippen molar-refractivity contribution in [2.45, 2.75) is 25.9 Å². The number of nitrogens with two attached hydrogens (primary N) is 1. The maximum atomic E-state index is 5.90. The molecule has 1 aromatic rings. The maximum Gasteiger partial charge on any atom is 0.0619 e. The van der Waals surface area contributed by atoms with Crippen molar-refractivity contribution >= 4 is 11.3 Å². The van der Waals surface area contributed by atoms with E-state index < -0.39 is 0 Å². The SMILES string of the molecule is CC1OCCC1(CN)Cc1ccsc1. The third-order valence-corrected chi connectivity index (χ3v) is 4.11. The van der Waals surface area contributed by atoms with Gasteiger partial charge in [0.15, 0.2) is 0 Å². The van der Waals surface area contributed by atoms with Crippen LogP contribution in [0.5, 0.6) is 0 Å². The summed E-state index contributed by atoms with van der Waals surface area (Å²) in [7, 11) is 0. The van der Waals surface area contributed by atoms with E-state index in [2.05, 4.69) is 23.8 Å². The summed E-state index contributed by atoms with van der Waals surface area (Å²) in [6.45, 7) is 3.73. The minimum Gasteiger partial charge on any atom is -0.378 e. The van der Waals surface area contributed by atoms with Crippen molar-refractivity contribution in [2.75, 3.05) is 13.2 Å². The van der Waals surface area contributed by atoms with Crippen LogP contribution in [0.15, 0.2) is 16.8 Å². The maximum absolute atomic E-state index is 5.90. The molecule has 1 aliphatic rings.